The zero-order valence-electron chi connectivity index (χ0n) is 10.4. The molecule has 1 aliphatic rings. The van der Waals surface area contributed by atoms with Crippen LogP contribution >= 0.6 is 11.8 Å². The van der Waals surface area contributed by atoms with Crippen molar-refractivity contribution >= 4 is 17.4 Å². The highest BCUT2D eigenvalue weighted by atomic mass is 32.2. The number of thioether (sulfide) groups is 1. The van der Waals surface area contributed by atoms with Crippen LogP contribution in [-0.2, 0) is 0 Å². The van der Waals surface area contributed by atoms with Gasteiger partial charge in [0.2, 0.25) is 0 Å². The monoisotopic (exact) mass is 264 g/mol. The van der Waals surface area contributed by atoms with E-state index in [0.717, 1.165) is 18.5 Å². The Bertz CT molecular complexity index is 456. The van der Waals surface area contributed by atoms with Crippen molar-refractivity contribution in [2.24, 2.45) is 0 Å². The molecule has 0 aliphatic heterocycles. The quantitative estimate of drug-likeness (QED) is 0.902. The lowest BCUT2D eigenvalue weighted by molar-refractivity contribution is 0.473. The van der Waals surface area contributed by atoms with E-state index in [0.29, 0.717) is 16.9 Å². The fraction of sp³-hybridized carbons (Fsp3) is 0.500. The van der Waals surface area contributed by atoms with Crippen molar-refractivity contribution in [2.75, 3.05) is 11.6 Å². The number of anilines is 1. The first-order valence-corrected chi connectivity index (χ1v) is 7.50. The van der Waals surface area contributed by atoms with Crippen molar-refractivity contribution in [3.05, 3.63) is 29.6 Å². The number of rotatable bonds is 3. The maximum Gasteiger partial charge on any atom is 0.126 e. The maximum atomic E-state index is 13.3. The van der Waals surface area contributed by atoms with Crippen LogP contribution in [0.15, 0.2) is 18.2 Å². The molecule has 0 heterocycles. The molecule has 1 fully saturated rings. The molecule has 0 spiro atoms. The van der Waals surface area contributed by atoms with E-state index >= 15 is 0 Å². The summed E-state index contributed by atoms with van der Waals surface area (Å²) in [5, 5.41) is 12.9. The molecule has 2 nitrogen and oxygen atoms in total. The smallest absolute Gasteiger partial charge is 0.126 e. The van der Waals surface area contributed by atoms with E-state index in [-0.39, 0.29) is 5.82 Å². The van der Waals surface area contributed by atoms with E-state index in [9.17, 15) is 4.39 Å². The van der Waals surface area contributed by atoms with Crippen molar-refractivity contribution in [3.8, 4) is 6.07 Å². The predicted molar refractivity (Wildman–Crippen MR) is 74.3 cm³/mol. The molecule has 0 radical (unpaired) electrons. The van der Waals surface area contributed by atoms with Gasteiger partial charge >= 0.3 is 0 Å². The minimum Gasteiger partial charge on any atom is -0.382 e. The zero-order valence-corrected chi connectivity index (χ0v) is 11.3. The Labute approximate surface area is 112 Å². The number of benzene rings is 1. The van der Waals surface area contributed by atoms with Crippen molar-refractivity contribution in [2.45, 2.75) is 37.0 Å². The van der Waals surface area contributed by atoms with E-state index in [1.807, 2.05) is 17.8 Å². The van der Waals surface area contributed by atoms with Gasteiger partial charge in [-0.15, -0.1) is 0 Å². The van der Waals surface area contributed by atoms with Crippen LogP contribution < -0.4 is 5.32 Å². The largest absolute Gasteiger partial charge is 0.382 e. The van der Waals surface area contributed by atoms with Gasteiger partial charge in [0.1, 0.15) is 5.82 Å². The lowest BCUT2D eigenvalue weighted by atomic mass is 9.94. The summed E-state index contributed by atoms with van der Waals surface area (Å²) < 4.78 is 13.3. The Hall–Kier alpha value is -1.21. The summed E-state index contributed by atoms with van der Waals surface area (Å²) in [7, 11) is 0. The highest BCUT2D eigenvalue weighted by Crippen LogP contribution is 2.29. The van der Waals surface area contributed by atoms with E-state index in [2.05, 4.69) is 11.6 Å². The number of halogens is 1. The lowest BCUT2D eigenvalue weighted by Gasteiger charge is -2.29. The Balaban J connectivity index is 2.05. The molecule has 4 heteroatoms. The van der Waals surface area contributed by atoms with Crippen LogP contribution in [0.3, 0.4) is 0 Å². The van der Waals surface area contributed by atoms with Crippen molar-refractivity contribution < 1.29 is 4.39 Å². The summed E-state index contributed by atoms with van der Waals surface area (Å²) in [6.07, 6.45) is 6.85. The standard InChI is InChI=1S/C14H17FN2S/c1-18-14-4-2-3-12(8-14)17-13-6-10(9-16)5-11(15)7-13/h5-7,12,14,17H,2-4,8H2,1H3. The zero-order chi connectivity index (χ0) is 13.0. The summed E-state index contributed by atoms with van der Waals surface area (Å²) >= 11 is 1.90. The van der Waals surface area contributed by atoms with E-state index in [1.54, 1.807) is 6.07 Å². The molecule has 0 saturated heterocycles. The Morgan fingerprint density at radius 2 is 2.22 bits per heavy atom. The van der Waals surface area contributed by atoms with Crippen LogP contribution in [-0.4, -0.2) is 17.5 Å². The normalized spacial score (nSPS) is 23.4. The molecule has 1 aliphatic carbocycles. The third-order valence-electron chi connectivity index (χ3n) is 3.36. The Kier molecular flexibility index (Phi) is 4.48. The molecule has 1 aromatic rings. The van der Waals surface area contributed by atoms with Crippen LogP contribution in [0.5, 0.6) is 0 Å². The molecule has 18 heavy (non-hydrogen) atoms. The van der Waals surface area contributed by atoms with Gasteiger partial charge in [-0.05, 0) is 43.7 Å². The topological polar surface area (TPSA) is 35.8 Å². The van der Waals surface area contributed by atoms with Gasteiger partial charge in [0, 0.05) is 17.0 Å². The molecule has 1 N–H and O–H groups in total. The second-order valence-corrected chi connectivity index (χ2v) is 5.84. The van der Waals surface area contributed by atoms with Gasteiger partial charge in [0.25, 0.3) is 0 Å². The molecule has 0 aromatic heterocycles. The van der Waals surface area contributed by atoms with E-state index in [1.165, 1.54) is 25.0 Å². The number of nitrogens with one attached hydrogen (secondary N) is 1. The molecule has 96 valence electrons. The molecule has 0 amide bonds. The SMILES string of the molecule is CSC1CCCC(Nc2cc(F)cc(C#N)c2)C1. The van der Waals surface area contributed by atoms with E-state index < -0.39 is 0 Å². The van der Waals surface area contributed by atoms with Crippen LogP contribution in [0.2, 0.25) is 0 Å². The van der Waals surface area contributed by atoms with Gasteiger partial charge in [-0.3, -0.25) is 0 Å². The Morgan fingerprint density at radius 1 is 1.39 bits per heavy atom. The fourth-order valence-corrected chi connectivity index (χ4v) is 3.29. The predicted octanol–water partition coefficient (Wildman–Crippen LogP) is 3.78. The molecule has 2 rings (SSSR count). The first kappa shape index (κ1) is 13.2. The summed E-state index contributed by atoms with van der Waals surface area (Å²) in [5.41, 5.74) is 1.09. The van der Waals surface area contributed by atoms with Crippen molar-refractivity contribution in [1.29, 1.82) is 5.26 Å². The van der Waals surface area contributed by atoms with Crippen LogP contribution in [0, 0.1) is 17.1 Å². The minimum atomic E-state index is -0.353. The van der Waals surface area contributed by atoms with Crippen molar-refractivity contribution in [3.63, 3.8) is 0 Å². The highest BCUT2D eigenvalue weighted by molar-refractivity contribution is 7.99. The highest BCUT2D eigenvalue weighted by Gasteiger charge is 2.21. The molecule has 2 unspecified atom stereocenters. The first-order chi connectivity index (χ1) is 8.71. The number of nitrogens with zero attached hydrogens (tertiary/aromatic N) is 1. The number of hydrogen-bond donors (Lipinski definition) is 1. The molecule has 1 aromatic carbocycles. The average molecular weight is 264 g/mol. The maximum absolute atomic E-state index is 13.3. The van der Waals surface area contributed by atoms with Crippen LogP contribution in [0.4, 0.5) is 10.1 Å². The van der Waals surface area contributed by atoms with Gasteiger partial charge in [0.05, 0.1) is 11.6 Å². The van der Waals surface area contributed by atoms with Gasteiger partial charge in [-0.2, -0.15) is 17.0 Å². The summed E-state index contributed by atoms with van der Waals surface area (Å²) in [6.45, 7) is 0. The lowest BCUT2D eigenvalue weighted by Crippen LogP contribution is -2.28. The van der Waals surface area contributed by atoms with Crippen molar-refractivity contribution in [1.82, 2.24) is 0 Å². The van der Waals surface area contributed by atoms with Crippen LogP contribution in [0.25, 0.3) is 0 Å². The second kappa shape index (κ2) is 6.10. The first-order valence-electron chi connectivity index (χ1n) is 6.21. The molecular formula is C14H17FN2S. The number of nitriles is 1. The third-order valence-corrected chi connectivity index (χ3v) is 4.45. The molecule has 0 bridgehead atoms. The minimum absolute atomic E-state index is 0.353. The average Bonchev–Trinajstić information content (AvgIpc) is 2.38. The van der Waals surface area contributed by atoms with Gasteiger partial charge in [-0.25, -0.2) is 4.39 Å². The Morgan fingerprint density at radius 3 is 2.94 bits per heavy atom. The third kappa shape index (κ3) is 3.39. The fourth-order valence-electron chi connectivity index (χ4n) is 2.46. The van der Waals surface area contributed by atoms with Gasteiger partial charge in [0.15, 0.2) is 0 Å². The number of hydrogen-bond acceptors (Lipinski definition) is 3. The molecule has 1 saturated carbocycles. The van der Waals surface area contributed by atoms with Crippen LogP contribution in [0.1, 0.15) is 31.2 Å². The molecule has 2 atom stereocenters. The second-order valence-electron chi connectivity index (χ2n) is 4.71. The van der Waals surface area contributed by atoms with E-state index in [4.69, 9.17) is 5.26 Å². The summed E-state index contributed by atoms with van der Waals surface area (Å²) in [5.74, 6) is -0.353. The van der Waals surface area contributed by atoms with Gasteiger partial charge < -0.3 is 5.32 Å². The van der Waals surface area contributed by atoms with Gasteiger partial charge in [-0.1, -0.05) is 6.42 Å². The molecular weight excluding hydrogens is 247 g/mol. The summed E-state index contributed by atoms with van der Waals surface area (Å²) in [6, 6.07) is 6.81. The summed E-state index contributed by atoms with van der Waals surface area (Å²) in [4.78, 5) is 0.